The van der Waals surface area contributed by atoms with E-state index >= 15 is 0 Å². The summed E-state index contributed by atoms with van der Waals surface area (Å²) in [6.07, 6.45) is 4.96. The third kappa shape index (κ3) is 2.60. The number of rotatable bonds is 4. The van der Waals surface area contributed by atoms with Gasteiger partial charge in [-0.05, 0) is 31.4 Å². The van der Waals surface area contributed by atoms with Crippen molar-refractivity contribution in [2.24, 2.45) is 0 Å². The molecule has 4 rings (SSSR count). The summed E-state index contributed by atoms with van der Waals surface area (Å²) in [5, 5.41) is 17.5. The molecule has 2 aliphatic rings. The highest BCUT2D eigenvalue weighted by Gasteiger charge is 2.35. The van der Waals surface area contributed by atoms with Crippen molar-refractivity contribution >= 4 is 10.0 Å². The van der Waals surface area contributed by atoms with Gasteiger partial charge in [0.2, 0.25) is 10.0 Å². The molecule has 1 unspecified atom stereocenters. The molecule has 8 heteroatoms. The summed E-state index contributed by atoms with van der Waals surface area (Å²) < 4.78 is 28.9. The Morgan fingerprint density at radius 2 is 2.00 bits per heavy atom. The fraction of sp³-hybridized carbons (Fsp3) is 0.438. The molecule has 1 saturated heterocycles. The van der Waals surface area contributed by atoms with Gasteiger partial charge in [0, 0.05) is 25.2 Å². The van der Waals surface area contributed by atoms with Gasteiger partial charge in [-0.25, -0.2) is 13.1 Å². The zero-order valence-electron chi connectivity index (χ0n) is 13.0. The summed E-state index contributed by atoms with van der Waals surface area (Å²) in [6, 6.07) is 8.27. The molecule has 1 aliphatic carbocycles. The van der Waals surface area contributed by atoms with Crippen molar-refractivity contribution in [3.05, 3.63) is 41.7 Å². The molecular weight excluding hydrogens is 326 g/mol. The average Bonchev–Trinajstić information content (AvgIpc) is 3.13. The Bertz CT molecular complexity index is 911. The first-order valence-electron chi connectivity index (χ1n) is 8.00. The van der Waals surface area contributed by atoms with Gasteiger partial charge in [-0.1, -0.05) is 17.3 Å². The molecule has 0 spiro atoms. The molecular formula is C16H17N5O2S. The van der Waals surface area contributed by atoms with Gasteiger partial charge in [-0.15, -0.1) is 5.10 Å². The molecule has 0 amide bonds. The lowest BCUT2D eigenvalue weighted by atomic mass is 10.2. The SMILES string of the molecule is N#Cc1ccccc1S(=O)(=O)N1CCC(n2cc(C3CC3)nn2)C1. The Labute approximate surface area is 140 Å². The van der Waals surface area contributed by atoms with Gasteiger partial charge in [-0.3, -0.25) is 0 Å². The van der Waals surface area contributed by atoms with Crippen LogP contribution in [0, 0.1) is 11.3 Å². The van der Waals surface area contributed by atoms with E-state index in [0.29, 0.717) is 25.4 Å². The van der Waals surface area contributed by atoms with E-state index in [1.165, 1.54) is 16.4 Å². The first kappa shape index (κ1) is 15.3. The van der Waals surface area contributed by atoms with Gasteiger partial charge in [0.15, 0.2) is 0 Å². The highest BCUT2D eigenvalue weighted by Crippen LogP contribution is 2.39. The summed E-state index contributed by atoms with van der Waals surface area (Å²) in [6.45, 7) is 0.779. The topological polar surface area (TPSA) is 91.9 Å². The van der Waals surface area contributed by atoms with Crippen LogP contribution in [0.5, 0.6) is 0 Å². The van der Waals surface area contributed by atoms with Gasteiger partial charge < -0.3 is 0 Å². The molecule has 0 bridgehead atoms. The molecule has 1 saturated carbocycles. The normalized spacial score (nSPS) is 21.7. The van der Waals surface area contributed by atoms with Crippen LogP contribution in [0.2, 0.25) is 0 Å². The van der Waals surface area contributed by atoms with Gasteiger partial charge in [0.05, 0.1) is 22.2 Å². The zero-order chi connectivity index (χ0) is 16.7. The molecule has 0 N–H and O–H groups in total. The summed E-state index contributed by atoms with van der Waals surface area (Å²) in [5.41, 5.74) is 1.18. The van der Waals surface area contributed by atoms with Crippen LogP contribution in [0.15, 0.2) is 35.4 Å². The predicted molar refractivity (Wildman–Crippen MR) is 85.6 cm³/mol. The third-order valence-corrected chi connectivity index (χ3v) is 6.57. The summed E-state index contributed by atoms with van der Waals surface area (Å²) in [7, 11) is -3.67. The summed E-state index contributed by atoms with van der Waals surface area (Å²) >= 11 is 0. The van der Waals surface area contributed by atoms with Gasteiger partial charge in [-0.2, -0.15) is 9.57 Å². The molecule has 1 aliphatic heterocycles. The number of nitriles is 1. The molecule has 2 heterocycles. The summed E-state index contributed by atoms with van der Waals surface area (Å²) in [4.78, 5) is 0.0745. The highest BCUT2D eigenvalue weighted by atomic mass is 32.2. The van der Waals surface area contributed by atoms with Gasteiger partial charge >= 0.3 is 0 Å². The minimum absolute atomic E-state index is 0.00553. The number of aromatic nitrogens is 3. The number of benzene rings is 1. The summed E-state index contributed by atoms with van der Waals surface area (Å²) in [5.74, 6) is 0.530. The van der Waals surface area contributed by atoms with Gasteiger partial charge in [0.25, 0.3) is 0 Å². The van der Waals surface area contributed by atoms with Crippen LogP contribution in [0.3, 0.4) is 0 Å². The second kappa shape index (κ2) is 5.69. The van der Waals surface area contributed by atoms with E-state index in [4.69, 9.17) is 5.26 Å². The first-order chi connectivity index (χ1) is 11.6. The Morgan fingerprint density at radius 1 is 1.21 bits per heavy atom. The molecule has 2 aromatic rings. The second-order valence-electron chi connectivity index (χ2n) is 6.31. The smallest absolute Gasteiger partial charge is 0.244 e. The lowest BCUT2D eigenvalue weighted by molar-refractivity contribution is 0.428. The Balaban J connectivity index is 1.56. The van der Waals surface area contributed by atoms with E-state index in [0.717, 1.165) is 18.5 Å². The second-order valence-corrected chi connectivity index (χ2v) is 8.22. The van der Waals surface area contributed by atoms with E-state index in [-0.39, 0.29) is 16.5 Å². The van der Waals surface area contributed by atoms with Crippen molar-refractivity contribution in [3.63, 3.8) is 0 Å². The highest BCUT2D eigenvalue weighted by molar-refractivity contribution is 7.89. The first-order valence-corrected chi connectivity index (χ1v) is 9.44. The molecule has 7 nitrogen and oxygen atoms in total. The largest absolute Gasteiger partial charge is 0.248 e. The number of nitrogens with zero attached hydrogens (tertiary/aromatic N) is 5. The standard InChI is InChI=1S/C16H17N5O2S/c17-9-13-3-1-2-4-16(13)24(22,23)20-8-7-14(10-20)21-11-15(18-19-21)12-5-6-12/h1-4,11-12,14H,5-8,10H2. The molecule has 1 aromatic carbocycles. The van der Waals surface area contributed by atoms with Crippen molar-refractivity contribution in [1.29, 1.82) is 5.26 Å². The van der Waals surface area contributed by atoms with Crippen molar-refractivity contribution < 1.29 is 8.42 Å². The van der Waals surface area contributed by atoms with Crippen molar-refractivity contribution in [1.82, 2.24) is 19.3 Å². The van der Waals surface area contributed by atoms with Gasteiger partial charge in [0.1, 0.15) is 6.07 Å². The maximum absolute atomic E-state index is 12.8. The average molecular weight is 343 g/mol. The van der Waals surface area contributed by atoms with E-state index in [2.05, 4.69) is 10.3 Å². The maximum Gasteiger partial charge on any atom is 0.244 e. The molecule has 124 valence electrons. The molecule has 24 heavy (non-hydrogen) atoms. The number of hydrogen-bond donors (Lipinski definition) is 0. The van der Waals surface area contributed by atoms with Crippen molar-refractivity contribution in [3.8, 4) is 6.07 Å². The minimum Gasteiger partial charge on any atom is -0.248 e. The van der Waals surface area contributed by atoms with Crippen molar-refractivity contribution in [2.45, 2.75) is 36.1 Å². The third-order valence-electron chi connectivity index (χ3n) is 4.65. The monoisotopic (exact) mass is 343 g/mol. The predicted octanol–water partition coefficient (Wildman–Crippen LogP) is 1.66. The van der Waals surface area contributed by atoms with Crippen LogP contribution in [0.1, 0.15) is 42.5 Å². The van der Waals surface area contributed by atoms with E-state index in [9.17, 15) is 8.42 Å². The molecule has 0 radical (unpaired) electrons. The lowest BCUT2D eigenvalue weighted by Gasteiger charge is -2.17. The fourth-order valence-electron chi connectivity index (χ4n) is 3.10. The van der Waals surface area contributed by atoms with Crippen molar-refractivity contribution in [2.75, 3.05) is 13.1 Å². The van der Waals surface area contributed by atoms with Crippen LogP contribution in [-0.4, -0.2) is 40.8 Å². The van der Waals surface area contributed by atoms with Crippen LogP contribution < -0.4 is 0 Å². The quantitative estimate of drug-likeness (QED) is 0.842. The van der Waals surface area contributed by atoms with Crippen LogP contribution >= 0.6 is 0 Å². The number of sulfonamides is 1. The van der Waals surface area contributed by atoms with E-state index in [1.807, 2.05) is 12.3 Å². The molecule has 1 aromatic heterocycles. The van der Waals surface area contributed by atoms with Crippen LogP contribution in [-0.2, 0) is 10.0 Å². The molecule has 2 fully saturated rings. The van der Waals surface area contributed by atoms with E-state index < -0.39 is 10.0 Å². The molecule has 1 atom stereocenters. The number of hydrogen-bond acceptors (Lipinski definition) is 5. The lowest BCUT2D eigenvalue weighted by Crippen LogP contribution is -2.30. The zero-order valence-corrected chi connectivity index (χ0v) is 13.9. The van der Waals surface area contributed by atoms with Crippen LogP contribution in [0.4, 0.5) is 0 Å². The van der Waals surface area contributed by atoms with Crippen LogP contribution in [0.25, 0.3) is 0 Å². The maximum atomic E-state index is 12.8. The minimum atomic E-state index is -3.67. The Hall–Kier alpha value is -2.24. The Morgan fingerprint density at radius 3 is 2.75 bits per heavy atom. The fourth-order valence-corrected chi connectivity index (χ4v) is 4.74. The Kier molecular flexibility index (Phi) is 3.62. The van der Waals surface area contributed by atoms with E-state index in [1.54, 1.807) is 16.8 Å².